The molecule has 1 spiro atoms. The number of ether oxygens (including phenoxy) is 2. The highest BCUT2D eigenvalue weighted by Gasteiger charge is 2.40. The van der Waals surface area contributed by atoms with Gasteiger partial charge in [-0.1, -0.05) is 0 Å². The van der Waals surface area contributed by atoms with E-state index in [0.29, 0.717) is 12.1 Å². The van der Waals surface area contributed by atoms with Crippen LogP contribution in [0, 0.1) is 0 Å². The summed E-state index contributed by atoms with van der Waals surface area (Å²) in [6, 6.07) is 5.07. The molecule has 3 rings (SSSR count). The fourth-order valence-electron chi connectivity index (χ4n) is 3.11. The lowest BCUT2D eigenvalue weighted by Gasteiger charge is -2.36. The zero-order chi connectivity index (χ0) is 13.1. The third-order valence-corrected chi connectivity index (χ3v) is 4.25. The molecule has 2 aliphatic rings. The van der Waals surface area contributed by atoms with Gasteiger partial charge in [-0.05, 0) is 37.5 Å². The van der Waals surface area contributed by atoms with Crippen LogP contribution in [0.5, 0.6) is 0 Å². The van der Waals surface area contributed by atoms with Crippen LogP contribution in [0.15, 0.2) is 24.5 Å². The van der Waals surface area contributed by atoms with E-state index in [1.807, 2.05) is 12.4 Å². The van der Waals surface area contributed by atoms with Crippen molar-refractivity contribution in [3.8, 4) is 0 Å². The van der Waals surface area contributed by atoms with Crippen molar-refractivity contribution in [1.82, 2.24) is 10.3 Å². The summed E-state index contributed by atoms with van der Waals surface area (Å²) < 4.78 is 11.5. The summed E-state index contributed by atoms with van der Waals surface area (Å²) in [6.07, 6.45) is 7.96. The second kappa shape index (κ2) is 5.57. The Hall–Kier alpha value is -0.970. The minimum absolute atomic E-state index is 0.252. The Balaban J connectivity index is 1.52. The van der Waals surface area contributed by atoms with E-state index >= 15 is 0 Å². The first-order valence-corrected chi connectivity index (χ1v) is 7.21. The highest BCUT2D eigenvalue weighted by molar-refractivity contribution is 5.14. The van der Waals surface area contributed by atoms with Gasteiger partial charge < -0.3 is 14.8 Å². The molecule has 4 nitrogen and oxygen atoms in total. The second-order valence-electron chi connectivity index (χ2n) is 5.55. The standard InChI is InChI=1S/C15H22N2O2/c1-12(13-4-8-16-9-5-13)17-14-2-6-15(7-3-14)18-10-11-19-15/h4-5,8-9,12,14,17H,2-3,6-7,10-11H2,1H3. The average molecular weight is 262 g/mol. The highest BCUT2D eigenvalue weighted by atomic mass is 16.7. The molecule has 1 saturated heterocycles. The van der Waals surface area contributed by atoms with Crippen molar-refractivity contribution >= 4 is 0 Å². The SMILES string of the molecule is CC(NC1CCC2(CC1)OCCO2)c1ccncc1. The number of pyridine rings is 1. The minimum atomic E-state index is -0.252. The van der Waals surface area contributed by atoms with Gasteiger partial charge >= 0.3 is 0 Å². The topological polar surface area (TPSA) is 43.4 Å². The molecule has 1 saturated carbocycles. The molecule has 1 atom stereocenters. The summed E-state index contributed by atoms with van der Waals surface area (Å²) in [5.74, 6) is -0.252. The molecule has 19 heavy (non-hydrogen) atoms. The molecular formula is C15H22N2O2. The molecule has 1 unspecified atom stereocenters. The predicted molar refractivity (Wildman–Crippen MR) is 72.7 cm³/mol. The Morgan fingerprint density at radius 1 is 1.21 bits per heavy atom. The smallest absolute Gasteiger partial charge is 0.168 e. The normalized spacial score (nSPS) is 24.7. The molecule has 1 aromatic heterocycles. The summed E-state index contributed by atoms with van der Waals surface area (Å²) >= 11 is 0. The zero-order valence-corrected chi connectivity index (χ0v) is 11.5. The van der Waals surface area contributed by atoms with Crippen molar-refractivity contribution in [3.63, 3.8) is 0 Å². The van der Waals surface area contributed by atoms with Gasteiger partial charge in [0.1, 0.15) is 0 Å². The molecule has 0 amide bonds. The fraction of sp³-hybridized carbons (Fsp3) is 0.667. The molecule has 1 aliphatic carbocycles. The van der Waals surface area contributed by atoms with E-state index in [2.05, 4.69) is 29.4 Å². The molecular weight excluding hydrogens is 240 g/mol. The van der Waals surface area contributed by atoms with Crippen LogP contribution in [0.1, 0.15) is 44.2 Å². The lowest BCUT2D eigenvalue weighted by Crippen LogP contribution is -2.42. The number of hydrogen-bond donors (Lipinski definition) is 1. The molecule has 2 heterocycles. The van der Waals surface area contributed by atoms with Gasteiger partial charge in [-0.2, -0.15) is 0 Å². The van der Waals surface area contributed by atoms with Crippen molar-refractivity contribution in [3.05, 3.63) is 30.1 Å². The summed E-state index contributed by atoms with van der Waals surface area (Å²) in [7, 11) is 0. The minimum Gasteiger partial charge on any atom is -0.348 e. The molecule has 0 aromatic carbocycles. The van der Waals surface area contributed by atoms with Crippen molar-refractivity contribution < 1.29 is 9.47 Å². The van der Waals surface area contributed by atoms with Crippen LogP contribution >= 0.6 is 0 Å². The molecule has 104 valence electrons. The monoisotopic (exact) mass is 262 g/mol. The van der Waals surface area contributed by atoms with Crippen LogP contribution < -0.4 is 5.32 Å². The molecule has 2 fully saturated rings. The maximum absolute atomic E-state index is 5.76. The van der Waals surface area contributed by atoms with Crippen molar-refractivity contribution in [2.45, 2.75) is 50.5 Å². The van der Waals surface area contributed by atoms with Crippen LogP contribution in [0.3, 0.4) is 0 Å². The van der Waals surface area contributed by atoms with Crippen LogP contribution in [-0.2, 0) is 9.47 Å². The maximum atomic E-state index is 5.76. The maximum Gasteiger partial charge on any atom is 0.168 e. The van der Waals surface area contributed by atoms with Gasteiger partial charge in [0.05, 0.1) is 13.2 Å². The lowest BCUT2D eigenvalue weighted by atomic mass is 9.89. The number of nitrogens with one attached hydrogen (secondary N) is 1. The summed E-state index contributed by atoms with van der Waals surface area (Å²) in [5, 5.41) is 3.70. The highest BCUT2D eigenvalue weighted by Crippen LogP contribution is 2.36. The summed E-state index contributed by atoms with van der Waals surface area (Å²) in [6.45, 7) is 3.72. The van der Waals surface area contributed by atoms with Gasteiger partial charge in [-0.25, -0.2) is 0 Å². The van der Waals surface area contributed by atoms with Crippen LogP contribution in [0.25, 0.3) is 0 Å². The molecule has 1 aliphatic heterocycles. The Bertz CT molecular complexity index is 394. The third kappa shape index (κ3) is 2.96. The van der Waals surface area contributed by atoms with Crippen LogP contribution in [0.2, 0.25) is 0 Å². The molecule has 1 N–H and O–H groups in total. The van der Waals surface area contributed by atoms with Crippen LogP contribution in [0.4, 0.5) is 0 Å². The average Bonchev–Trinajstić information content (AvgIpc) is 2.91. The van der Waals surface area contributed by atoms with Crippen molar-refractivity contribution in [2.75, 3.05) is 13.2 Å². The van der Waals surface area contributed by atoms with Crippen molar-refractivity contribution in [1.29, 1.82) is 0 Å². The third-order valence-electron chi connectivity index (χ3n) is 4.25. The van der Waals surface area contributed by atoms with E-state index in [9.17, 15) is 0 Å². The van der Waals surface area contributed by atoms with Gasteiger partial charge in [-0.15, -0.1) is 0 Å². The Morgan fingerprint density at radius 2 is 1.84 bits per heavy atom. The number of nitrogens with zero attached hydrogens (tertiary/aromatic N) is 1. The summed E-state index contributed by atoms with van der Waals surface area (Å²) in [4.78, 5) is 4.06. The van der Waals surface area contributed by atoms with Gasteiger partial charge in [0.25, 0.3) is 0 Å². The van der Waals surface area contributed by atoms with Gasteiger partial charge in [-0.3, -0.25) is 4.98 Å². The summed E-state index contributed by atoms with van der Waals surface area (Å²) in [5.41, 5.74) is 1.30. The first-order valence-electron chi connectivity index (χ1n) is 7.21. The fourth-order valence-corrected chi connectivity index (χ4v) is 3.11. The van der Waals surface area contributed by atoms with E-state index in [-0.39, 0.29) is 5.79 Å². The second-order valence-corrected chi connectivity index (χ2v) is 5.55. The zero-order valence-electron chi connectivity index (χ0n) is 11.5. The number of hydrogen-bond acceptors (Lipinski definition) is 4. The Labute approximate surface area is 114 Å². The number of rotatable bonds is 3. The van der Waals surface area contributed by atoms with Crippen molar-refractivity contribution in [2.24, 2.45) is 0 Å². The van der Waals surface area contributed by atoms with Gasteiger partial charge in [0, 0.05) is 37.3 Å². The Kier molecular flexibility index (Phi) is 3.82. The van der Waals surface area contributed by atoms with E-state index in [4.69, 9.17) is 9.47 Å². The Morgan fingerprint density at radius 3 is 2.47 bits per heavy atom. The van der Waals surface area contributed by atoms with E-state index < -0.39 is 0 Å². The predicted octanol–water partition coefficient (Wildman–Crippen LogP) is 2.42. The number of aromatic nitrogens is 1. The van der Waals surface area contributed by atoms with E-state index in [1.165, 1.54) is 5.56 Å². The first kappa shape index (κ1) is 13.0. The quantitative estimate of drug-likeness (QED) is 0.908. The molecule has 1 aromatic rings. The molecule has 0 radical (unpaired) electrons. The largest absolute Gasteiger partial charge is 0.348 e. The first-order chi connectivity index (χ1) is 9.27. The lowest BCUT2D eigenvalue weighted by molar-refractivity contribution is -0.179. The van der Waals surface area contributed by atoms with Gasteiger partial charge in [0.2, 0.25) is 0 Å². The van der Waals surface area contributed by atoms with Crippen LogP contribution in [-0.4, -0.2) is 30.0 Å². The van der Waals surface area contributed by atoms with E-state index in [0.717, 1.165) is 38.9 Å². The molecule has 4 heteroatoms. The molecule has 0 bridgehead atoms. The van der Waals surface area contributed by atoms with E-state index in [1.54, 1.807) is 0 Å². The van der Waals surface area contributed by atoms with Gasteiger partial charge in [0.15, 0.2) is 5.79 Å².